The summed E-state index contributed by atoms with van der Waals surface area (Å²) in [7, 11) is 0. The van der Waals surface area contributed by atoms with Crippen LogP contribution in [0.15, 0.2) is 48.5 Å². The molecule has 1 aromatic heterocycles. The second-order valence-corrected chi connectivity index (χ2v) is 5.55. The van der Waals surface area contributed by atoms with E-state index in [-0.39, 0.29) is 5.82 Å². The molecule has 104 valence electrons. The van der Waals surface area contributed by atoms with Gasteiger partial charge in [-0.25, -0.2) is 4.39 Å². The number of hydrogen-bond acceptors (Lipinski definition) is 5. The molecule has 4 nitrogen and oxygen atoms in total. The van der Waals surface area contributed by atoms with Crippen molar-refractivity contribution in [3.63, 3.8) is 0 Å². The van der Waals surface area contributed by atoms with Gasteiger partial charge in [-0.3, -0.25) is 4.84 Å². The smallest absolute Gasteiger partial charge is 0.237 e. The second-order valence-electron chi connectivity index (χ2n) is 4.60. The van der Waals surface area contributed by atoms with Gasteiger partial charge in [-0.2, -0.15) is 5.06 Å². The van der Waals surface area contributed by atoms with E-state index in [2.05, 4.69) is 10.2 Å². The van der Waals surface area contributed by atoms with E-state index in [1.165, 1.54) is 23.5 Å². The molecule has 0 amide bonds. The highest BCUT2D eigenvalue weighted by Crippen LogP contribution is 2.38. The van der Waals surface area contributed by atoms with E-state index in [4.69, 9.17) is 4.84 Å². The van der Waals surface area contributed by atoms with Gasteiger partial charge in [-0.15, -0.1) is 10.2 Å². The van der Waals surface area contributed by atoms with E-state index in [0.29, 0.717) is 22.3 Å². The Balaban J connectivity index is 1.70. The number of aromatic nitrogens is 2. The average molecular weight is 299 g/mol. The van der Waals surface area contributed by atoms with Gasteiger partial charge in [-0.05, 0) is 18.2 Å². The van der Waals surface area contributed by atoms with Gasteiger partial charge in [0.1, 0.15) is 17.4 Å². The first kappa shape index (κ1) is 12.4. The number of benzene rings is 2. The summed E-state index contributed by atoms with van der Waals surface area (Å²) >= 11 is 1.37. The molecule has 6 heteroatoms. The van der Waals surface area contributed by atoms with Crippen LogP contribution >= 0.6 is 11.3 Å². The van der Waals surface area contributed by atoms with Crippen LogP contribution in [0.25, 0.3) is 10.6 Å². The van der Waals surface area contributed by atoms with Crippen LogP contribution in [0.3, 0.4) is 0 Å². The third-order valence-electron chi connectivity index (χ3n) is 3.22. The van der Waals surface area contributed by atoms with Crippen LogP contribution in [-0.4, -0.2) is 10.2 Å². The molecule has 0 radical (unpaired) electrons. The topological polar surface area (TPSA) is 38.2 Å². The third-order valence-corrected chi connectivity index (χ3v) is 4.16. The molecule has 0 N–H and O–H groups in total. The zero-order chi connectivity index (χ0) is 14.2. The summed E-state index contributed by atoms with van der Waals surface area (Å²) < 4.78 is 13.3. The predicted molar refractivity (Wildman–Crippen MR) is 78.7 cm³/mol. The predicted octanol–water partition coefficient (Wildman–Crippen LogP) is 3.93. The summed E-state index contributed by atoms with van der Waals surface area (Å²) in [5, 5.41) is 11.3. The molecule has 0 aliphatic carbocycles. The molecule has 1 aliphatic rings. The molecule has 0 saturated heterocycles. The first-order valence-electron chi connectivity index (χ1n) is 6.42. The molecule has 2 heterocycles. The zero-order valence-electron chi connectivity index (χ0n) is 10.9. The number of rotatable bonds is 2. The molecular formula is C15H10FN3OS. The standard InChI is InChI=1S/C15H10FN3OS/c16-12-6-3-5-10(8-12)14-17-18-15(21-14)19-13-7-2-1-4-11(13)9-20-19/h1-8H,9H2. The van der Waals surface area contributed by atoms with Crippen molar-refractivity contribution in [1.29, 1.82) is 0 Å². The summed E-state index contributed by atoms with van der Waals surface area (Å²) in [6, 6.07) is 14.3. The van der Waals surface area contributed by atoms with Gasteiger partial charge in [0.25, 0.3) is 0 Å². The number of para-hydroxylation sites is 1. The molecule has 0 bridgehead atoms. The number of nitrogens with zero attached hydrogens (tertiary/aromatic N) is 3. The fourth-order valence-electron chi connectivity index (χ4n) is 2.23. The molecule has 0 saturated carbocycles. The quantitative estimate of drug-likeness (QED) is 0.718. The maximum atomic E-state index is 13.3. The van der Waals surface area contributed by atoms with Gasteiger partial charge in [0.15, 0.2) is 0 Å². The van der Waals surface area contributed by atoms with Crippen molar-refractivity contribution in [2.75, 3.05) is 5.06 Å². The van der Waals surface area contributed by atoms with Crippen molar-refractivity contribution >= 4 is 22.2 Å². The lowest BCUT2D eigenvalue weighted by Crippen LogP contribution is -2.10. The Kier molecular flexibility index (Phi) is 2.90. The van der Waals surface area contributed by atoms with E-state index in [1.807, 2.05) is 30.3 Å². The van der Waals surface area contributed by atoms with Gasteiger partial charge < -0.3 is 0 Å². The zero-order valence-corrected chi connectivity index (χ0v) is 11.7. The van der Waals surface area contributed by atoms with Crippen molar-refractivity contribution in [2.24, 2.45) is 0 Å². The molecule has 1 aliphatic heterocycles. The number of hydrogen-bond donors (Lipinski definition) is 0. The van der Waals surface area contributed by atoms with E-state index >= 15 is 0 Å². The van der Waals surface area contributed by atoms with Crippen molar-refractivity contribution < 1.29 is 9.23 Å². The van der Waals surface area contributed by atoms with Crippen LogP contribution < -0.4 is 5.06 Å². The minimum Gasteiger partial charge on any atom is -0.261 e. The van der Waals surface area contributed by atoms with E-state index in [9.17, 15) is 4.39 Å². The summed E-state index contributed by atoms with van der Waals surface area (Å²) in [6.07, 6.45) is 0. The first-order valence-corrected chi connectivity index (χ1v) is 7.23. The van der Waals surface area contributed by atoms with Crippen molar-refractivity contribution in [1.82, 2.24) is 10.2 Å². The highest BCUT2D eigenvalue weighted by atomic mass is 32.1. The Labute approximate surface area is 124 Å². The molecule has 0 atom stereocenters. The normalized spacial score (nSPS) is 13.5. The van der Waals surface area contributed by atoms with Crippen LogP contribution in [-0.2, 0) is 11.4 Å². The van der Waals surface area contributed by atoms with E-state index in [0.717, 1.165) is 11.3 Å². The maximum absolute atomic E-state index is 13.3. The summed E-state index contributed by atoms with van der Waals surface area (Å²) in [5.41, 5.74) is 2.80. The minimum absolute atomic E-state index is 0.285. The largest absolute Gasteiger partial charge is 0.261 e. The average Bonchev–Trinajstić information content (AvgIpc) is 3.14. The molecule has 0 spiro atoms. The summed E-state index contributed by atoms with van der Waals surface area (Å²) in [5.74, 6) is -0.285. The van der Waals surface area contributed by atoms with Crippen LogP contribution in [0.1, 0.15) is 5.56 Å². The van der Waals surface area contributed by atoms with Gasteiger partial charge in [-0.1, -0.05) is 41.7 Å². The molecular weight excluding hydrogens is 289 g/mol. The highest BCUT2D eigenvalue weighted by molar-refractivity contribution is 7.18. The van der Waals surface area contributed by atoms with Gasteiger partial charge >= 0.3 is 0 Å². The number of anilines is 2. The Hall–Kier alpha value is -2.31. The number of halogens is 1. The van der Waals surface area contributed by atoms with Crippen LogP contribution in [0.4, 0.5) is 15.2 Å². The first-order chi connectivity index (χ1) is 10.3. The monoisotopic (exact) mass is 299 g/mol. The van der Waals surface area contributed by atoms with Crippen LogP contribution in [0.2, 0.25) is 0 Å². The second kappa shape index (κ2) is 4.91. The van der Waals surface area contributed by atoms with Crippen LogP contribution in [0, 0.1) is 5.82 Å². The maximum Gasteiger partial charge on any atom is 0.237 e. The molecule has 3 aromatic rings. The number of fused-ring (bicyclic) bond motifs is 1. The van der Waals surface area contributed by atoms with Crippen molar-refractivity contribution in [3.8, 4) is 10.6 Å². The SMILES string of the molecule is Fc1cccc(-c2nnc(N3OCc4ccccc43)s2)c1. The third kappa shape index (κ3) is 2.18. The van der Waals surface area contributed by atoms with Gasteiger partial charge in [0, 0.05) is 11.1 Å². The van der Waals surface area contributed by atoms with E-state index in [1.54, 1.807) is 11.1 Å². The molecule has 0 fully saturated rings. The van der Waals surface area contributed by atoms with Crippen molar-refractivity contribution in [3.05, 3.63) is 59.9 Å². The van der Waals surface area contributed by atoms with Gasteiger partial charge in [0.05, 0.1) is 5.69 Å². The fraction of sp³-hybridized carbons (Fsp3) is 0.0667. The highest BCUT2D eigenvalue weighted by Gasteiger charge is 2.24. The Bertz CT molecular complexity index is 805. The Morgan fingerprint density at radius 1 is 1.10 bits per heavy atom. The Morgan fingerprint density at radius 2 is 2.00 bits per heavy atom. The lowest BCUT2D eigenvalue weighted by atomic mass is 10.2. The van der Waals surface area contributed by atoms with Crippen molar-refractivity contribution in [2.45, 2.75) is 6.61 Å². The summed E-state index contributed by atoms with van der Waals surface area (Å²) in [6.45, 7) is 0.519. The lowest BCUT2D eigenvalue weighted by molar-refractivity contribution is 0.145. The molecule has 2 aromatic carbocycles. The molecule has 21 heavy (non-hydrogen) atoms. The van der Waals surface area contributed by atoms with Crippen LogP contribution in [0.5, 0.6) is 0 Å². The van der Waals surface area contributed by atoms with E-state index < -0.39 is 0 Å². The lowest BCUT2D eigenvalue weighted by Gasteiger charge is -2.12. The molecule has 4 rings (SSSR count). The molecule has 0 unspecified atom stereocenters. The minimum atomic E-state index is -0.285. The Morgan fingerprint density at radius 3 is 2.90 bits per heavy atom. The summed E-state index contributed by atoms with van der Waals surface area (Å²) in [4.78, 5) is 5.65. The van der Waals surface area contributed by atoms with Gasteiger partial charge in [0.2, 0.25) is 5.13 Å². The fourth-order valence-corrected chi connectivity index (χ4v) is 3.04.